The Hall–Kier alpha value is -12.2. The second kappa shape index (κ2) is 65.6. The summed E-state index contributed by atoms with van der Waals surface area (Å²) >= 11 is 0. The molecule has 0 aliphatic rings. The van der Waals surface area contributed by atoms with Crippen molar-refractivity contribution in [1.29, 1.82) is 0 Å². The first-order chi connectivity index (χ1) is 58.6. The Kier molecular flexibility index (Phi) is 60.2. The lowest BCUT2D eigenvalue weighted by atomic mass is 9.85. The highest BCUT2D eigenvalue weighted by atomic mass is 16.6. The molecule has 3 rings (SSSR count). The van der Waals surface area contributed by atoms with E-state index >= 15 is 0 Å². The molecule has 0 heterocycles. The normalized spacial score (nSPS) is 11.9. The quantitative estimate of drug-likeness (QED) is 0.0237. The maximum absolute atomic E-state index is 11.9. The minimum Gasteiger partial charge on any atom is -0.463 e. The predicted molar refractivity (Wildman–Crippen MR) is 470 cm³/mol. The summed E-state index contributed by atoms with van der Waals surface area (Å²) in [5.74, 6) is -5.50. The molecule has 0 amide bonds. The third-order valence-corrected chi connectivity index (χ3v) is 19.1. The number of hydrogen-bond acceptors (Lipinski definition) is 27. The van der Waals surface area contributed by atoms with E-state index < -0.39 is 99.9 Å². The Morgan fingerprint density at radius 2 is 0.463 bits per heavy atom. The molecule has 3 aromatic carbocycles. The van der Waals surface area contributed by atoms with Crippen LogP contribution in [0.5, 0.6) is 5.75 Å². The molecule has 0 bridgehead atoms. The van der Waals surface area contributed by atoms with Crippen LogP contribution in [-0.2, 0) is 119 Å². The van der Waals surface area contributed by atoms with Crippen LogP contribution < -0.4 is 4.74 Å². The smallest absolute Gasteiger partial charge is 0.335 e. The molecule has 0 spiro atoms. The zero-order valence-electron chi connectivity index (χ0n) is 73.0. The lowest BCUT2D eigenvalue weighted by Gasteiger charge is -2.36. The van der Waals surface area contributed by atoms with Crippen molar-refractivity contribution in [3.05, 3.63) is 259 Å². The number of carbonyl (C=O) groups excluding carboxylic acids is 12. The predicted octanol–water partition coefficient (Wildman–Crippen LogP) is 15.4. The fraction of sp³-hybridized carbons (Fsp3) is 0.417. The minimum absolute atomic E-state index is 0.00987. The molecule has 0 aliphatic carbocycles. The number of esters is 12. The van der Waals surface area contributed by atoms with Crippen molar-refractivity contribution in [2.24, 2.45) is 21.7 Å². The summed E-state index contributed by atoms with van der Waals surface area (Å²) in [4.78, 5) is 140. The minimum atomic E-state index is -1.28. The van der Waals surface area contributed by atoms with E-state index in [-0.39, 0.29) is 125 Å². The summed E-state index contributed by atoms with van der Waals surface area (Å²) in [6.07, 6.45) is 18.1. The van der Waals surface area contributed by atoms with Gasteiger partial charge in [0.2, 0.25) is 0 Å². The van der Waals surface area contributed by atoms with Crippen LogP contribution in [0.1, 0.15) is 158 Å². The first kappa shape index (κ1) is 113. The van der Waals surface area contributed by atoms with Gasteiger partial charge in [-0.3, -0.25) is 0 Å². The number of aliphatic hydroxyl groups is 1. The molecule has 123 heavy (non-hydrogen) atoms. The van der Waals surface area contributed by atoms with Gasteiger partial charge in [0.1, 0.15) is 52.0 Å². The lowest BCUT2D eigenvalue weighted by Crippen LogP contribution is -2.44. The number of hydrogen-bond donors (Lipinski definition) is 1. The lowest BCUT2D eigenvalue weighted by molar-refractivity contribution is -0.163. The molecule has 27 heteroatoms. The molecule has 0 saturated heterocycles. The van der Waals surface area contributed by atoms with Crippen LogP contribution in [0.4, 0.5) is 0 Å². The van der Waals surface area contributed by atoms with E-state index in [1.165, 1.54) is 47.1 Å². The van der Waals surface area contributed by atoms with Crippen molar-refractivity contribution in [2.75, 3.05) is 106 Å². The van der Waals surface area contributed by atoms with Gasteiger partial charge in [0.15, 0.2) is 0 Å². The molecule has 3 aromatic rings. The van der Waals surface area contributed by atoms with Crippen LogP contribution in [0, 0.1) is 21.7 Å². The van der Waals surface area contributed by atoms with Gasteiger partial charge in [0.25, 0.3) is 0 Å². The zero-order valence-corrected chi connectivity index (χ0v) is 73.0. The topological polar surface area (TPSA) is 354 Å². The van der Waals surface area contributed by atoms with Gasteiger partial charge in [-0.05, 0) is 115 Å². The van der Waals surface area contributed by atoms with Gasteiger partial charge in [-0.1, -0.05) is 208 Å². The second-order valence-electron chi connectivity index (χ2n) is 28.3. The highest BCUT2D eigenvalue weighted by Crippen LogP contribution is 2.33. The Morgan fingerprint density at radius 3 is 0.667 bits per heavy atom. The van der Waals surface area contributed by atoms with E-state index in [9.17, 15) is 62.6 Å². The highest BCUT2D eigenvalue weighted by Gasteiger charge is 2.41. The molecule has 27 nitrogen and oxygen atoms in total. The SMILES string of the molecule is C=CC(=O)OCCC(CO)(COCC(CCOC(=O)C=C)(COC(=O)C=C)COC(=O)C=C)COC(=O)C=C.C=CC(=O)OCCC(COCC(CCOC(=O)C=C)(COC(=O)C=C)COC(=O)C=C)(COC(=O)C=C)COC(=O)C=C.C=CC(=O)Oc1ccc(C(C)CC)cc1.C=Cc1ccc(C(C)CC)cc1.CCC(C)c1ccc(C(C)CC)cc1. The third kappa shape index (κ3) is 49.3. The summed E-state index contributed by atoms with van der Waals surface area (Å²) in [6.45, 7) is 56.8. The Morgan fingerprint density at radius 1 is 0.276 bits per heavy atom. The van der Waals surface area contributed by atoms with Crippen LogP contribution in [0.15, 0.2) is 231 Å². The summed E-state index contributed by atoms with van der Waals surface area (Å²) < 4.78 is 73.5. The van der Waals surface area contributed by atoms with Crippen LogP contribution >= 0.6 is 0 Å². The number of benzene rings is 3. The Balaban J connectivity index is 0. The molecule has 5 atom stereocenters. The van der Waals surface area contributed by atoms with E-state index in [0.717, 1.165) is 79.3 Å². The first-order valence-corrected chi connectivity index (χ1v) is 39.9. The van der Waals surface area contributed by atoms with Gasteiger partial charge in [0, 0.05) is 72.9 Å². The average molecular weight is 1710 g/mol. The molecule has 0 saturated carbocycles. The largest absolute Gasteiger partial charge is 0.463 e. The van der Waals surface area contributed by atoms with E-state index in [4.69, 9.17) is 66.3 Å². The number of ether oxygens (including phenoxy) is 14. The fourth-order valence-electron chi connectivity index (χ4n) is 10.1. The molecule has 0 aliphatic heterocycles. The second-order valence-corrected chi connectivity index (χ2v) is 28.3. The molecule has 0 aromatic heterocycles. The Bertz CT molecular complexity index is 3720. The van der Waals surface area contributed by atoms with Crippen molar-refractivity contribution in [2.45, 2.75) is 130 Å². The fourth-order valence-corrected chi connectivity index (χ4v) is 10.1. The van der Waals surface area contributed by atoms with Gasteiger partial charge in [-0.2, -0.15) is 0 Å². The maximum Gasteiger partial charge on any atom is 0.335 e. The zero-order chi connectivity index (χ0) is 93.2. The number of rotatable bonds is 57. The first-order valence-electron chi connectivity index (χ1n) is 39.9. The van der Waals surface area contributed by atoms with Crippen molar-refractivity contribution < 1.29 is 129 Å². The standard InChI is InChI=1S/C30H38O13.C27H36O12.C14H22.C13H16O2.C12H16/c1-7-23(31)38-15-13-29(19-40-25(33)9-3,20-41-26(34)10-4)17-37-18-30(21-42-27(35)11-5,22-43-28(36)12-6)14-16-39-24(32)8-2;1-6-21(29)35-13-11-26(15-28,18-37-23(31)8-3)16-34-17-27(19-38-24(32)9-4,20-39-25(33)10-5)12-14-36-22(30)7-2;1-5-11(3)13-7-9-14(10-8-13)12(4)6-2;1-4-10(3)11-6-8-12(9-7-11)15-13(14)5-2;1-4-10(3)12-8-6-11(5-2)7-9-12/h7-12H,1-6,13-22H2;6-10,28H,1-5,11-20H2;7-12H,5-6H2,1-4H3;5-10H,2,4H2,1,3H3;5-10H,2,4H2,1,3H3. The van der Waals surface area contributed by atoms with Gasteiger partial charge in [-0.15, -0.1) is 0 Å². The van der Waals surface area contributed by atoms with Gasteiger partial charge >= 0.3 is 71.6 Å². The summed E-state index contributed by atoms with van der Waals surface area (Å²) in [6, 6.07) is 25.3. The highest BCUT2D eigenvalue weighted by molar-refractivity contribution is 5.85. The van der Waals surface area contributed by atoms with E-state index in [2.05, 4.69) is 189 Å². The number of carbonyl (C=O) groups is 12. The maximum atomic E-state index is 11.9. The molecule has 0 fully saturated rings. The summed E-state index contributed by atoms with van der Waals surface area (Å²) in [5, 5.41) is 10.2. The third-order valence-electron chi connectivity index (χ3n) is 19.1. The van der Waals surface area contributed by atoms with Gasteiger partial charge in [0.05, 0.1) is 81.1 Å². The molecular weight excluding hydrogens is 1590 g/mol. The molecule has 1 N–H and O–H groups in total. The number of aliphatic hydroxyl groups excluding tert-OH is 1. The van der Waals surface area contributed by atoms with Gasteiger partial charge < -0.3 is 71.4 Å². The van der Waals surface area contributed by atoms with E-state index in [1.807, 2.05) is 30.3 Å². The van der Waals surface area contributed by atoms with Crippen LogP contribution in [0.25, 0.3) is 6.08 Å². The van der Waals surface area contributed by atoms with Crippen molar-refractivity contribution in [1.82, 2.24) is 0 Å². The summed E-state index contributed by atoms with van der Waals surface area (Å²) in [5.41, 5.74) is 1.80. The van der Waals surface area contributed by atoms with Crippen molar-refractivity contribution in [3.8, 4) is 5.75 Å². The molecule has 0 radical (unpaired) electrons. The molecular formula is C96H128O27. The van der Waals surface area contributed by atoms with E-state index in [1.54, 1.807) is 0 Å². The molecule has 674 valence electrons. The summed E-state index contributed by atoms with van der Waals surface area (Å²) in [7, 11) is 0. The Labute approximate surface area is 725 Å². The van der Waals surface area contributed by atoms with Crippen molar-refractivity contribution >= 4 is 77.7 Å². The van der Waals surface area contributed by atoms with Crippen molar-refractivity contribution in [3.63, 3.8) is 0 Å². The monoisotopic (exact) mass is 1710 g/mol. The van der Waals surface area contributed by atoms with E-state index in [0.29, 0.717) is 29.4 Å². The average Bonchev–Trinajstić information content (AvgIpc) is 0.840. The van der Waals surface area contributed by atoms with Crippen LogP contribution in [0.2, 0.25) is 0 Å². The van der Waals surface area contributed by atoms with Crippen LogP contribution in [-0.4, -0.2) is 182 Å². The van der Waals surface area contributed by atoms with Gasteiger partial charge in [-0.25, -0.2) is 57.5 Å². The molecule has 5 unspecified atom stereocenters. The van der Waals surface area contributed by atoms with Crippen LogP contribution in [0.3, 0.4) is 0 Å².